The number of benzene rings is 1. The lowest BCUT2D eigenvalue weighted by Crippen LogP contribution is -2.55. The summed E-state index contributed by atoms with van der Waals surface area (Å²) in [4.78, 5) is 0. The van der Waals surface area contributed by atoms with E-state index in [0.717, 1.165) is 36.7 Å². The molecule has 0 heterocycles. The van der Waals surface area contributed by atoms with Gasteiger partial charge in [-0.15, -0.1) is 12.3 Å². The van der Waals surface area contributed by atoms with E-state index in [9.17, 15) is 0 Å². The highest BCUT2D eigenvalue weighted by Crippen LogP contribution is 2.30. The summed E-state index contributed by atoms with van der Waals surface area (Å²) in [5, 5.41) is 3.56. The van der Waals surface area contributed by atoms with Gasteiger partial charge >= 0.3 is 0 Å². The molecule has 0 radical (unpaired) electrons. The molecule has 0 saturated carbocycles. The first-order valence-electron chi connectivity index (χ1n) is 6.35. The summed E-state index contributed by atoms with van der Waals surface area (Å²) in [6.45, 7) is 1.51. The van der Waals surface area contributed by atoms with Crippen molar-refractivity contribution in [3.05, 3.63) is 33.8 Å². The Morgan fingerprint density at radius 2 is 2.28 bits per heavy atom. The number of aryl methyl sites for hydroxylation is 1. The molecule has 3 heteroatoms. The van der Waals surface area contributed by atoms with E-state index in [1.54, 1.807) is 0 Å². The Balaban J connectivity index is 2.13. The average molecular weight is 307 g/mol. The monoisotopic (exact) mass is 306 g/mol. The van der Waals surface area contributed by atoms with Gasteiger partial charge in [0.05, 0.1) is 0 Å². The lowest BCUT2D eigenvalue weighted by Gasteiger charge is -2.38. The lowest BCUT2D eigenvalue weighted by molar-refractivity contribution is 0.297. The van der Waals surface area contributed by atoms with Crippen molar-refractivity contribution in [3.8, 4) is 12.3 Å². The Morgan fingerprint density at radius 3 is 3.00 bits per heavy atom. The zero-order valence-corrected chi connectivity index (χ0v) is 12.1. The molecule has 0 aliphatic heterocycles. The minimum absolute atomic E-state index is 0.0255. The smallest absolute Gasteiger partial charge is 0.0348 e. The first kappa shape index (κ1) is 13.6. The minimum Gasteiger partial charge on any atom is -0.329 e. The van der Waals surface area contributed by atoms with Gasteiger partial charge in [0.1, 0.15) is 0 Å². The van der Waals surface area contributed by atoms with Gasteiger partial charge in [-0.3, -0.25) is 0 Å². The first-order valence-corrected chi connectivity index (χ1v) is 7.14. The predicted octanol–water partition coefficient (Wildman–Crippen LogP) is 2.25. The van der Waals surface area contributed by atoms with E-state index in [1.807, 2.05) is 0 Å². The third-order valence-electron chi connectivity index (χ3n) is 3.73. The van der Waals surface area contributed by atoms with Crippen molar-refractivity contribution in [3.63, 3.8) is 0 Å². The van der Waals surface area contributed by atoms with E-state index < -0.39 is 0 Å². The van der Waals surface area contributed by atoms with Gasteiger partial charge in [0.2, 0.25) is 0 Å². The number of halogens is 1. The second-order valence-corrected chi connectivity index (χ2v) is 5.87. The third kappa shape index (κ3) is 2.95. The van der Waals surface area contributed by atoms with Crippen molar-refractivity contribution in [2.24, 2.45) is 5.73 Å². The second kappa shape index (κ2) is 5.88. The second-order valence-electron chi connectivity index (χ2n) is 4.96. The maximum Gasteiger partial charge on any atom is 0.0348 e. The zero-order valence-electron chi connectivity index (χ0n) is 10.5. The molecule has 3 N–H and O–H groups in total. The topological polar surface area (TPSA) is 38.0 Å². The zero-order chi connectivity index (χ0) is 13.0. The minimum atomic E-state index is 0.0255. The van der Waals surface area contributed by atoms with Crippen molar-refractivity contribution in [1.82, 2.24) is 5.32 Å². The van der Waals surface area contributed by atoms with Crippen LogP contribution in [0.2, 0.25) is 0 Å². The van der Waals surface area contributed by atoms with Gasteiger partial charge in [0, 0.05) is 29.5 Å². The molecule has 2 nitrogen and oxygen atoms in total. The van der Waals surface area contributed by atoms with Crippen molar-refractivity contribution >= 4 is 15.9 Å². The lowest BCUT2D eigenvalue weighted by atomic mass is 9.78. The van der Waals surface area contributed by atoms with Gasteiger partial charge in [-0.25, -0.2) is 0 Å². The molecule has 0 fully saturated rings. The Bertz CT molecular complexity index is 464. The van der Waals surface area contributed by atoms with Crippen molar-refractivity contribution < 1.29 is 0 Å². The average Bonchev–Trinajstić information content (AvgIpc) is 2.39. The summed E-state index contributed by atoms with van der Waals surface area (Å²) >= 11 is 3.52. The third-order valence-corrected chi connectivity index (χ3v) is 4.22. The molecule has 0 aromatic heterocycles. The van der Waals surface area contributed by atoms with E-state index in [0.29, 0.717) is 6.54 Å². The van der Waals surface area contributed by atoms with Crippen LogP contribution in [0.25, 0.3) is 0 Å². The number of nitrogens with two attached hydrogens (primary N) is 1. The molecule has 1 aromatic rings. The molecule has 1 atom stereocenters. The summed E-state index contributed by atoms with van der Waals surface area (Å²) in [6.07, 6.45) is 9.21. The van der Waals surface area contributed by atoms with Crippen LogP contribution in [0.1, 0.15) is 24.0 Å². The van der Waals surface area contributed by atoms with Crippen LogP contribution in [0.4, 0.5) is 0 Å². The summed E-state index contributed by atoms with van der Waals surface area (Å²) in [6, 6.07) is 6.52. The first-order chi connectivity index (χ1) is 8.69. The van der Waals surface area contributed by atoms with Crippen LogP contribution in [-0.4, -0.2) is 18.6 Å². The highest BCUT2D eigenvalue weighted by atomic mass is 79.9. The van der Waals surface area contributed by atoms with E-state index in [1.165, 1.54) is 11.1 Å². The largest absolute Gasteiger partial charge is 0.329 e. The molecule has 1 aliphatic carbocycles. The van der Waals surface area contributed by atoms with E-state index in [2.05, 4.69) is 45.4 Å². The van der Waals surface area contributed by atoms with Gasteiger partial charge in [-0.2, -0.15) is 0 Å². The van der Waals surface area contributed by atoms with Gasteiger partial charge in [-0.05, 0) is 42.5 Å². The fourth-order valence-corrected chi connectivity index (χ4v) is 3.03. The molecule has 1 aliphatic rings. The van der Waals surface area contributed by atoms with Crippen LogP contribution in [0.15, 0.2) is 22.7 Å². The summed E-state index contributed by atoms with van der Waals surface area (Å²) in [7, 11) is 0. The summed E-state index contributed by atoms with van der Waals surface area (Å²) in [5.74, 6) is 2.67. The predicted molar refractivity (Wildman–Crippen MR) is 79.4 cm³/mol. The molecule has 0 saturated heterocycles. The van der Waals surface area contributed by atoms with Crippen LogP contribution in [0, 0.1) is 12.3 Å². The van der Waals surface area contributed by atoms with Crippen LogP contribution in [-0.2, 0) is 12.8 Å². The Hall–Kier alpha value is -0.820. The molecular weight excluding hydrogens is 288 g/mol. The van der Waals surface area contributed by atoms with E-state index in [4.69, 9.17) is 12.2 Å². The Kier molecular flexibility index (Phi) is 4.45. The fourth-order valence-electron chi connectivity index (χ4n) is 2.62. The Morgan fingerprint density at radius 1 is 1.44 bits per heavy atom. The van der Waals surface area contributed by atoms with Gasteiger partial charge in [-0.1, -0.05) is 22.0 Å². The highest BCUT2D eigenvalue weighted by molar-refractivity contribution is 9.10. The van der Waals surface area contributed by atoms with Crippen LogP contribution < -0.4 is 11.1 Å². The van der Waals surface area contributed by atoms with Gasteiger partial charge in [0.15, 0.2) is 0 Å². The van der Waals surface area contributed by atoms with Crippen LogP contribution in [0.5, 0.6) is 0 Å². The molecular formula is C15H19BrN2. The van der Waals surface area contributed by atoms with Crippen LogP contribution >= 0.6 is 15.9 Å². The molecule has 0 amide bonds. The van der Waals surface area contributed by atoms with Crippen LogP contribution in [0.3, 0.4) is 0 Å². The van der Waals surface area contributed by atoms with Gasteiger partial charge in [0.25, 0.3) is 0 Å². The summed E-state index contributed by atoms with van der Waals surface area (Å²) in [5.41, 5.74) is 8.85. The van der Waals surface area contributed by atoms with Gasteiger partial charge < -0.3 is 11.1 Å². The molecule has 1 aromatic carbocycles. The number of fused-ring (bicyclic) bond motifs is 1. The number of hydrogen-bond acceptors (Lipinski definition) is 2. The highest BCUT2D eigenvalue weighted by Gasteiger charge is 2.32. The normalized spacial score (nSPS) is 22.3. The molecule has 1 unspecified atom stereocenters. The maximum atomic E-state index is 5.98. The number of terminal acetylenes is 1. The van der Waals surface area contributed by atoms with E-state index >= 15 is 0 Å². The van der Waals surface area contributed by atoms with E-state index in [-0.39, 0.29) is 5.54 Å². The molecule has 2 rings (SSSR count). The quantitative estimate of drug-likeness (QED) is 0.661. The molecule has 96 valence electrons. The van der Waals surface area contributed by atoms with Crippen molar-refractivity contribution in [1.29, 1.82) is 0 Å². The molecule has 18 heavy (non-hydrogen) atoms. The van der Waals surface area contributed by atoms with Crippen molar-refractivity contribution in [2.45, 2.75) is 31.2 Å². The fraction of sp³-hybridized carbons (Fsp3) is 0.467. The molecule has 0 spiro atoms. The molecule has 0 bridgehead atoms. The maximum absolute atomic E-state index is 5.98. The van der Waals surface area contributed by atoms with Crippen molar-refractivity contribution in [2.75, 3.05) is 13.1 Å². The SMILES string of the molecule is C#CCCNC1(CN)CCc2cc(Br)ccc2C1. The number of rotatable bonds is 4. The number of nitrogens with one attached hydrogen (secondary N) is 1. The summed E-state index contributed by atoms with van der Waals surface area (Å²) < 4.78 is 1.15. The standard InChI is InChI=1S/C15H19BrN2/c1-2-3-8-18-15(11-17)7-6-12-9-14(16)5-4-13(12)10-15/h1,4-5,9,18H,3,6-8,10-11,17H2. The Labute approximate surface area is 117 Å². The number of hydrogen-bond donors (Lipinski definition) is 2.